The molecule has 0 aromatic rings. The highest BCUT2D eigenvalue weighted by Gasteiger charge is 2.41. The number of hydrogen-bond donors (Lipinski definition) is 1. The van der Waals surface area contributed by atoms with Crippen LogP contribution in [0.25, 0.3) is 0 Å². The van der Waals surface area contributed by atoms with Crippen LogP contribution in [0.3, 0.4) is 0 Å². The lowest BCUT2D eigenvalue weighted by atomic mass is 9.75. The van der Waals surface area contributed by atoms with Gasteiger partial charge in [-0.25, -0.2) is 0 Å². The molecule has 1 saturated carbocycles. The highest BCUT2D eigenvalue weighted by Crippen LogP contribution is 2.46. The van der Waals surface area contributed by atoms with Gasteiger partial charge >= 0.3 is 0 Å². The zero-order chi connectivity index (χ0) is 10.1. The van der Waals surface area contributed by atoms with Crippen molar-refractivity contribution in [3.8, 4) is 0 Å². The zero-order valence-electron chi connectivity index (χ0n) is 8.75. The van der Waals surface area contributed by atoms with Gasteiger partial charge in [0.2, 0.25) is 0 Å². The third kappa shape index (κ3) is 1.62. The fraction of sp³-hybridized carbons (Fsp3) is 0.727. The predicted octanol–water partition coefficient (Wildman–Crippen LogP) is 3.07. The molecule has 2 heteroatoms. The minimum absolute atomic E-state index is 0.154. The maximum Gasteiger partial charge on any atom is 0.0607 e. The highest BCUT2D eigenvalue weighted by atomic mass is 16.4. The van der Waals surface area contributed by atoms with Crippen LogP contribution in [0.4, 0.5) is 0 Å². The van der Waals surface area contributed by atoms with Crippen LogP contribution in [-0.4, -0.2) is 10.9 Å². The van der Waals surface area contributed by atoms with Crippen LogP contribution in [0, 0.1) is 17.3 Å². The number of hydrogen-bond acceptors (Lipinski definition) is 2. The first-order chi connectivity index (χ1) is 6.05. The van der Waals surface area contributed by atoms with Crippen molar-refractivity contribution in [3.05, 3.63) is 12.7 Å². The third-order valence-corrected chi connectivity index (χ3v) is 3.45. The SMILES string of the molecule is C=C[C@@]1(C(C)C)C/C(=N\O)[C@H](C)C1. The van der Waals surface area contributed by atoms with Gasteiger partial charge in [0.25, 0.3) is 0 Å². The molecule has 0 heterocycles. The standard InChI is InChI=1S/C11H19NO/c1-5-11(8(2)3)6-9(4)10(7-11)12-13/h5,8-9,13H,1,6-7H2,2-4H3/b12-10+/t9-,11+/m1/s1. The van der Waals surface area contributed by atoms with Crippen molar-refractivity contribution in [2.75, 3.05) is 0 Å². The lowest BCUT2D eigenvalue weighted by molar-refractivity contribution is 0.268. The summed E-state index contributed by atoms with van der Waals surface area (Å²) in [6, 6.07) is 0. The molecule has 1 N–H and O–H groups in total. The summed E-state index contributed by atoms with van der Waals surface area (Å²) in [4.78, 5) is 0. The van der Waals surface area contributed by atoms with Crippen molar-refractivity contribution >= 4 is 5.71 Å². The first kappa shape index (κ1) is 10.3. The molecular weight excluding hydrogens is 162 g/mol. The maximum absolute atomic E-state index is 8.80. The van der Waals surface area contributed by atoms with Crippen molar-refractivity contribution in [1.82, 2.24) is 0 Å². The summed E-state index contributed by atoms with van der Waals surface area (Å²) in [5.41, 5.74) is 1.08. The van der Waals surface area contributed by atoms with E-state index in [4.69, 9.17) is 5.21 Å². The van der Waals surface area contributed by atoms with E-state index >= 15 is 0 Å². The molecule has 0 aromatic carbocycles. The smallest absolute Gasteiger partial charge is 0.0607 e. The van der Waals surface area contributed by atoms with Crippen LogP contribution in [0.15, 0.2) is 17.8 Å². The summed E-state index contributed by atoms with van der Waals surface area (Å²) >= 11 is 0. The Hall–Kier alpha value is -0.790. The molecule has 0 spiro atoms. The van der Waals surface area contributed by atoms with E-state index in [0.717, 1.165) is 18.6 Å². The predicted molar refractivity (Wildman–Crippen MR) is 55.1 cm³/mol. The number of oxime groups is 1. The molecule has 1 aliphatic rings. The van der Waals surface area contributed by atoms with Crippen LogP contribution in [0.5, 0.6) is 0 Å². The van der Waals surface area contributed by atoms with Gasteiger partial charge in [0.15, 0.2) is 0 Å². The second kappa shape index (κ2) is 3.52. The lowest BCUT2D eigenvalue weighted by Crippen LogP contribution is -2.21. The summed E-state index contributed by atoms with van der Waals surface area (Å²) in [5.74, 6) is 0.956. The molecule has 13 heavy (non-hydrogen) atoms. The van der Waals surface area contributed by atoms with Crippen LogP contribution in [-0.2, 0) is 0 Å². The summed E-state index contributed by atoms with van der Waals surface area (Å²) in [6.45, 7) is 10.4. The molecule has 0 amide bonds. The Morgan fingerprint density at radius 1 is 1.69 bits per heavy atom. The fourth-order valence-corrected chi connectivity index (χ4v) is 2.24. The Morgan fingerprint density at radius 2 is 2.31 bits per heavy atom. The van der Waals surface area contributed by atoms with Gasteiger partial charge in [0.05, 0.1) is 5.71 Å². The molecule has 0 aromatic heterocycles. The first-order valence-electron chi connectivity index (χ1n) is 4.90. The van der Waals surface area contributed by atoms with Gasteiger partial charge in [-0.05, 0) is 30.1 Å². The molecule has 1 fully saturated rings. The molecule has 0 unspecified atom stereocenters. The Balaban J connectivity index is 2.90. The summed E-state index contributed by atoms with van der Waals surface area (Å²) in [6.07, 6.45) is 3.96. The first-order valence-corrected chi connectivity index (χ1v) is 4.90. The van der Waals surface area contributed by atoms with E-state index in [0.29, 0.717) is 11.8 Å². The molecule has 1 aliphatic carbocycles. The van der Waals surface area contributed by atoms with Crippen molar-refractivity contribution in [2.24, 2.45) is 22.4 Å². The van der Waals surface area contributed by atoms with Crippen molar-refractivity contribution < 1.29 is 5.21 Å². The van der Waals surface area contributed by atoms with Crippen LogP contribution in [0.1, 0.15) is 33.6 Å². The fourth-order valence-electron chi connectivity index (χ4n) is 2.24. The Labute approximate surface area is 80.3 Å². The molecule has 0 aliphatic heterocycles. The number of rotatable bonds is 2. The van der Waals surface area contributed by atoms with Crippen molar-refractivity contribution in [1.29, 1.82) is 0 Å². The normalized spacial score (nSPS) is 37.2. The molecule has 0 saturated heterocycles. The van der Waals surface area contributed by atoms with Crippen molar-refractivity contribution in [3.63, 3.8) is 0 Å². The van der Waals surface area contributed by atoms with Crippen molar-refractivity contribution in [2.45, 2.75) is 33.6 Å². The summed E-state index contributed by atoms with van der Waals surface area (Å²) in [7, 11) is 0. The minimum atomic E-state index is 0.154. The lowest BCUT2D eigenvalue weighted by Gasteiger charge is -2.29. The van der Waals surface area contributed by atoms with Gasteiger partial charge in [0, 0.05) is 0 Å². The van der Waals surface area contributed by atoms with Crippen LogP contribution in [0.2, 0.25) is 0 Å². The molecule has 0 radical (unpaired) electrons. The molecule has 2 nitrogen and oxygen atoms in total. The Kier molecular flexibility index (Phi) is 2.79. The summed E-state index contributed by atoms with van der Waals surface area (Å²) < 4.78 is 0. The van der Waals surface area contributed by atoms with E-state index < -0.39 is 0 Å². The number of allylic oxidation sites excluding steroid dienone is 1. The van der Waals surface area contributed by atoms with E-state index in [1.807, 2.05) is 6.08 Å². The molecule has 1 rings (SSSR count). The van der Waals surface area contributed by atoms with Gasteiger partial charge in [-0.2, -0.15) is 0 Å². The van der Waals surface area contributed by atoms with Crippen LogP contribution >= 0.6 is 0 Å². The molecular formula is C11H19NO. The molecule has 2 atom stereocenters. The van der Waals surface area contributed by atoms with Gasteiger partial charge < -0.3 is 5.21 Å². The van der Waals surface area contributed by atoms with Gasteiger partial charge in [-0.15, -0.1) is 6.58 Å². The van der Waals surface area contributed by atoms with E-state index in [1.54, 1.807) is 0 Å². The average molecular weight is 181 g/mol. The quantitative estimate of drug-likeness (QED) is 0.396. The average Bonchev–Trinajstić information content (AvgIpc) is 2.43. The second-order valence-electron chi connectivity index (χ2n) is 4.47. The van der Waals surface area contributed by atoms with E-state index in [-0.39, 0.29) is 5.41 Å². The van der Waals surface area contributed by atoms with E-state index in [2.05, 4.69) is 32.5 Å². The van der Waals surface area contributed by atoms with E-state index in [1.165, 1.54) is 0 Å². The Bertz CT molecular complexity index is 232. The topological polar surface area (TPSA) is 32.6 Å². The van der Waals surface area contributed by atoms with Gasteiger partial charge in [-0.1, -0.05) is 32.0 Å². The largest absolute Gasteiger partial charge is 0.411 e. The molecule has 0 bridgehead atoms. The molecule has 74 valence electrons. The second-order valence-corrected chi connectivity index (χ2v) is 4.47. The Morgan fingerprint density at radius 3 is 2.54 bits per heavy atom. The van der Waals surface area contributed by atoms with Crippen LogP contribution < -0.4 is 0 Å². The third-order valence-electron chi connectivity index (χ3n) is 3.45. The van der Waals surface area contributed by atoms with E-state index in [9.17, 15) is 0 Å². The van der Waals surface area contributed by atoms with Gasteiger partial charge in [0.1, 0.15) is 0 Å². The maximum atomic E-state index is 8.80. The minimum Gasteiger partial charge on any atom is -0.411 e. The monoisotopic (exact) mass is 181 g/mol. The summed E-state index contributed by atoms with van der Waals surface area (Å²) in [5, 5.41) is 12.2. The van der Waals surface area contributed by atoms with Gasteiger partial charge in [-0.3, -0.25) is 0 Å². The highest BCUT2D eigenvalue weighted by molar-refractivity contribution is 5.89. The number of nitrogens with zero attached hydrogens (tertiary/aromatic N) is 1. The zero-order valence-corrected chi connectivity index (χ0v) is 8.75.